The van der Waals surface area contributed by atoms with Crippen LogP contribution in [0.5, 0.6) is 5.75 Å². The lowest BCUT2D eigenvalue weighted by Gasteiger charge is -2.10. The molecule has 3 nitrogen and oxygen atoms in total. The highest BCUT2D eigenvalue weighted by Gasteiger charge is 2.12. The molecule has 1 unspecified atom stereocenters. The molecule has 0 aromatic heterocycles. The van der Waals surface area contributed by atoms with Crippen LogP contribution in [0, 0.1) is 6.92 Å². The minimum atomic E-state index is -0.288. The van der Waals surface area contributed by atoms with E-state index in [1.54, 1.807) is 18.2 Å². The van der Waals surface area contributed by atoms with Crippen molar-refractivity contribution >= 4 is 17.5 Å². The normalized spacial score (nSPS) is 12.2. The summed E-state index contributed by atoms with van der Waals surface area (Å²) in [6, 6.07) is 4.97. The predicted molar refractivity (Wildman–Crippen MR) is 69.7 cm³/mol. The number of aromatic hydroxyl groups is 1. The maximum atomic E-state index is 11.8. The second-order valence-corrected chi connectivity index (χ2v) is 4.73. The van der Waals surface area contributed by atoms with E-state index < -0.39 is 0 Å². The molecule has 0 aliphatic heterocycles. The van der Waals surface area contributed by atoms with Crippen LogP contribution >= 0.6 is 11.6 Å². The fraction of sp³-hybridized carbons (Fsp3) is 0.462. The fourth-order valence-corrected chi connectivity index (χ4v) is 1.84. The third-order valence-corrected chi connectivity index (χ3v) is 2.86. The standard InChI is InChI=1S/C13H18ClNO2/c1-3-4-10(14)8-15-13(17)11-6-5-9(2)7-12(11)16/h5-7,10,16H,3-4,8H2,1-2H3,(H,15,17). The summed E-state index contributed by atoms with van der Waals surface area (Å²) in [7, 11) is 0. The number of halogens is 1. The molecule has 0 fully saturated rings. The molecule has 1 atom stereocenters. The fourth-order valence-electron chi connectivity index (χ4n) is 1.55. The van der Waals surface area contributed by atoms with Gasteiger partial charge in [0.1, 0.15) is 5.75 Å². The van der Waals surface area contributed by atoms with Gasteiger partial charge in [-0.1, -0.05) is 19.4 Å². The van der Waals surface area contributed by atoms with Crippen LogP contribution in [0.4, 0.5) is 0 Å². The van der Waals surface area contributed by atoms with Crippen LogP contribution in [-0.2, 0) is 0 Å². The molecule has 0 saturated heterocycles. The molecular weight excluding hydrogens is 238 g/mol. The Hall–Kier alpha value is -1.22. The molecule has 0 bridgehead atoms. The number of carbonyl (C=O) groups is 1. The highest BCUT2D eigenvalue weighted by Crippen LogP contribution is 2.18. The Morgan fingerprint density at radius 1 is 1.53 bits per heavy atom. The molecule has 1 rings (SSSR count). The first-order valence-electron chi connectivity index (χ1n) is 5.76. The number of phenolic OH excluding ortho intramolecular Hbond substituents is 1. The van der Waals surface area contributed by atoms with Crippen LogP contribution in [0.15, 0.2) is 18.2 Å². The number of amides is 1. The lowest BCUT2D eigenvalue weighted by atomic mass is 10.1. The first kappa shape index (κ1) is 13.8. The van der Waals surface area contributed by atoms with E-state index in [0.29, 0.717) is 6.54 Å². The molecule has 0 aliphatic rings. The van der Waals surface area contributed by atoms with Gasteiger partial charge in [-0.2, -0.15) is 0 Å². The molecule has 0 spiro atoms. The largest absolute Gasteiger partial charge is 0.507 e. The summed E-state index contributed by atoms with van der Waals surface area (Å²) in [6.07, 6.45) is 1.85. The van der Waals surface area contributed by atoms with Crippen molar-refractivity contribution in [3.05, 3.63) is 29.3 Å². The van der Waals surface area contributed by atoms with E-state index in [1.807, 2.05) is 13.8 Å². The number of phenols is 1. The van der Waals surface area contributed by atoms with Crippen LogP contribution < -0.4 is 5.32 Å². The zero-order valence-electron chi connectivity index (χ0n) is 10.2. The Balaban J connectivity index is 2.58. The Kier molecular flexibility index (Phi) is 5.29. The topological polar surface area (TPSA) is 49.3 Å². The van der Waals surface area contributed by atoms with Gasteiger partial charge in [0, 0.05) is 6.54 Å². The molecule has 1 aromatic carbocycles. The van der Waals surface area contributed by atoms with E-state index in [2.05, 4.69) is 5.32 Å². The van der Waals surface area contributed by atoms with Gasteiger partial charge >= 0.3 is 0 Å². The van der Waals surface area contributed by atoms with E-state index in [0.717, 1.165) is 18.4 Å². The highest BCUT2D eigenvalue weighted by molar-refractivity contribution is 6.20. The number of hydrogen-bond donors (Lipinski definition) is 2. The van der Waals surface area contributed by atoms with Gasteiger partial charge in [0.25, 0.3) is 5.91 Å². The Bertz CT molecular complexity index is 393. The summed E-state index contributed by atoms with van der Waals surface area (Å²) >= 11 is 6.00. The van der Waals surface area contributed by atoms with E-state index >= 15 is 0 Å². The van der Waals surface area contributed by atoms with Crippen molar-refractivity contribution in [2.45, 2.75) is 32.1 Å². The Labute approximate surface area is 107 Å². The van der Waals surface area contributed by atoms with Gasteiger partial charge in [0.2, 0.25) is 0 Å². The number of carbonyl (C=O) groups excluding carboxylic acids is 1. The molecule has 0 heterocycles. The van der Waals surface area contributed by atoms with Crippen molar-refractivity contribution in [1.82, 2.24) is 5.32 Å². The van der Waals surface area contributed by atoms with Gasteiger partial charge in [-0.3, -0.25) is 4.79 Å². The minimum Gasteiger partial charge on any atom is -0.507 e. The third-order valence-electron chi connectivity index (χ3n) is 2.48. The lowest BCUT2D eigenvalue weighted by Crippen LogP contribution is -2.29. The Morgan fingerprint density at radius 2 is 2.24 bits per heavy atom. The number of hydrogen-bond acceptors (Lipinski definition) is 2. The van der Waals surface area contributed by atoms with Crippen LogP contribution in [0.2, 0.25) is 0 Å². The van der Waals surface area contributed by atoms with Gasteiger partial charge in [-0.25, -0.2) is 0 Å². The Morgan fingerprint density at radius 3 is 2.82 bits per heavy atom. The second-order valence-electron chi connectivity index (χ2n) is 4.12. The first-order valence-corrected chi connectivity index (χ1v) is 6.20. The van der Waals surface area contributed by atoms with Crippen LogP contribution in [0.3, 0.4) is 0 Å². The zero-order valence-corrected chi connectivity index (χ0v) is 10.9. The van der Waals surface area contributed by atoms with Gasteiger partial charge in [-0.15, -0.1) is 11.6 Å². The smallest absolute Gasteiger partial charge is 0.255 e. The molecule has 2 N–H and O–H groups in total. The molecule has 94 valence electrons. The summed E-state index contributed by atoms with van der Waals surface area (Å²) in [5.41, 5.74) is 1.20. The van der Waals surface area contributed by atoms with Crippen molar-refractivity contribution in [2.24, 2.45) is 0 Å². The van der Waals surface area contributed by atoms with Crippen molar-refractivity contribution < 1.29 is 9.90 Å². The van der Waals surface area contributed by atoms with E-state index in [4.69, 9.17) is 11.6 Å². The number of rotatable bonds is 5. The minimum absolute atomic E-state index is 0.00381. The lowest BCUT2D eigenvalue weighted by molar-refractivity contribution is 0.0950. The quantitative estimate of drug-likeness (QED) is 0.795. The molecule has 4 heteroatoms. The summed E-state index contributed by atoms with van der Waals surface area (Å²) < 4.78 is 0. The molecule has 1 aromatic rings. The van der Waals surface area contributed by atoms with Crippen molar-refractivity contribution in [3.63, 3.8) is 0 Å². The molecule has 0 saturated carbocycles. The molecule has 0 aliphatic carbocycles. The van der Waals surface area contributed by atoms with Gasteiger partial charge in [0.05, 0.1) is 10.9 Å². The predicted octanol–water partition coefficient (Wildman–Crippen LogP) is 2.84. The van der Waals surface area contributed by atoms with E-state index in [1.165, 1.54) is 0 Å². The van der Waals surface area contributed by atoms with E-state index in [9.17, 15) is 9.90 Å². The van der Waals surface area contributed by atoms with E-state index in [-0.39, 0.29) is 22.6 Å². The maximum Gasteiger partial charge on any atom is 0.255 e. The first-order chi connectivity index (χ1) is 8.04. The number of nitrogens with one attached hydrogen (secondary N) is 1. The summed E-state index contributed by atoms with van der Waals surface area (Å²) in [4.78, 5) is 11.8. The second kappa shape index (κ2) is 6.50. The maximum absolute atomic E-state index is 11.8. The van der Waals surface area contributed by atoms with Crippen LogP contribution in [0.25, 0.3) is 0 Å². The SMILES string of the molecule is CCCC(Cl)CNC(=O)c1ccc(C)cc1O. The molecule has 0 radical (unpaired) electrons. The average molecular weight is 256 g/mol. The average Bonchev–Trinajstić information content (AvgIpc) is 2.26. The molecule has 17 heavy (non-hydrogen) atoms. The zero-order chi connectivity index (χ0) is 12.8. The van der Waals surface area contributed by atoms with Crippen molar-refractivity contribution in [1.29, 1.82) is 0 Å². The van der Waals surface area contributed by atoms with Crippen LogP contribution in [0.1, 0.15) is 35.7 Å². The number of alkyl halides is 1. The highest BCUT2D eigenvalue weighted by atomic mass is 35.5. The summed E-state index contributed by atoms with van der Waals surface area (Å²) in [5.74, 6) is -0.284. The van der Waals surface area contributed by atoms with Crippen LogP contribution in [-0.4, -0.2) is 22.9 Å². The van der Waals surface area contributed by atoms with Crippen molar-refractivity contribution in [3.8, 4) is 5.75 Å². The summed E-state index contributed by atoms with van der Waals surface area (Å²) in [5, 5.41) is 12.3. The molecule has 1 amide bonds. The van der Waals surface area contributed by atoms with Crippen molar-refractivity contribution in [2.75, 3.05) is 6.54 Å². The van der Waals surface area contributed by atoms with Gasteiger partial charge in [0.15, 0.2) is 0 Å². The monoisotopic (exact) mass is 255 g/mol. The summed E-state index contributed by atoms with van der Waals surface area (Å²) in [6.45, 7) is 4.32. The van der Waals surface area contributed by atoms with Gasteiger partial charge < -0.3 is 10.4 Å². The number of benzene rings is 1. The molecular formula is C13H18ClNO2. The number of aryl methyl sites for hydroxylation is 1. The van der Waals surface area contributed by atoms with Gasteiger partial charge in [-0.05, 0) is 31.0 Å². The third kappa shape index (κ3) is 4.27.